The molecule has 1 aromatic heterocycles. The lowest BCUT2D eigenvalue weighted by molar-refractivity contribution is -0.146. The molecule has 0 aliphatic carbocycles. The van der Waals surface area contributed by atoms with Crippen molar-refractivity contribution >= 4 is 34.9 Å². The first-order valence-corrected chi connectivity index (χ1v) is 17.7. The van der Waals surface area contributed by atoms with E-state index in [1.807, 2.05) is 67.6 Å². The quantitative estimate of drug-likeness (QED) is 0.0883. The minimum absolute atomic E-state index is 0.0287. The van der Waals surface area contributed by atoms with E-state index in [0.29, 0.717) is 51.7 Å². The van der Waals surface area contributed by atoms with Crippen molar-refractivity contribution in [2.75, 3.05) is 19.8 Å². The van der Waals surface area contributed by atoms with Crippen LogP contribution in [0.5, 0.6) is 23.0 Å². The monoisotopic (exact) mass is 744 g/mol. The second kappa shape index (κ2) is 16.0. The minimum Gasteiger partial charge on any atom is -0.488 e. The molecule has 1 aliphatic heterocycles. The SMILES string of the molecule is Cc1c(COc2cc(OCc3cccc(-c4nc(CC(=O)O)cs4)c3)c(CNC(C)(CO)C(=O)O)cc2Cl)cccc1-c1ccc2c(c1)OCCO2. The molecule has 0 fully saturated rings. The molecule has 270 valence electrons. The second-order valence-electron chi connectivity index (χ2n) is 12.5. The molecule has 0 saturated carbocycles. The zero-order valence-corrected chi connectivity index (χ0v) is 30.1. The third-order valence-corrected chi connectivity index (χ3v) is 9.94. The normalized spacial score (nSPS) is 13.3. The van der Waals surface area contributed by atoms with Crippen LogP contribution >= 0.6 is 22.9 Å². The molecular weight excluding hydrogens is 708 g/mol. The summed E-state index contributed by atoms with van der Waals surface area (Å²) in [4.78, 5) is 27.5. The number of carbonyl (C=O) groups is 2. The van der Waals surface area contributed by atoms with E-state index in [2.05, 4.69) is 10.3 Å². The van der Waals surface area contributed by atoms with Gasteiger partial charge in [0.15, 0.2) is 11.5 Å². The van der Waals surface area contributed by atoms with Crippen LogP contribution in [-0.4, -0.2) is 57.6 Å². The van der Waals surface area contributed by atoms with Crippen LogP contribution in [0.4, 0.5) is 0 Å². The van der Waals surface area contributed by atoms with Gasteiger partial charge in [-0.05, 0) is 65.9 Å². The Hall–Kier alpha value is -5.14. The molecule has 0 amide bonds. The number of carboxylic acid groups (broad SMARTS) is 2. The van der Waals surface area contributed by atoms with E-state index in [1.165, 1.54) is 18.3 Å². The second-order valence-corrected chi connectivity index (χ2v) is 13.7. The molecule has 0 saturated heterocycles. The highest BCUT2D eigenvalue weighted by Crippen LogP contribution is 2.38. The van der Waals surface area contributed by atoms with E-state index < -0.39 is 24.1 Å². The fraction of sp³-hybridized carbons (Fsp3) is 0.256. The van der Waals surface area contributed by atoms with Gasteiger partial charge in [-0.3, -0.25) is 14.9 Å². The van der Waals surface area contributed by atoms with E-state index >= 15 is 0 Å². The first kappa shape index (κ1) is 36.6. The number of thiazole rings is 1. The number of aliphatic hydroxyl groups is 1. The summed E-state index contributed by atoms with van der Waals surface area (Å²) in [5, 5.41) is 34.2. The van der Waals surface area contributed by atoms with Gasteiger partial charge in [0, 0.05) is 29.1 Å². The predicted molar refractivity (Wildman–Crippen MR) is 197 cm³/mol. The first-order valence-electron chi connectivity index (χ1n) is 16.4. The molecule has 5 aromatic rings. The summed E-state index contributed by atoms with van der Waals surface area (Å²) < 4.78 is 24.1. The number of hydrogen-bond donors (Lipinski definition) is 4. The molecule has 0 radical (unpaired) electrons. The van der Waals surface area contributed by atoms with Crippen LogP contribution in [0.25, 0.3) is 21.7 Å². The van der Waals surface area contributed by atoms with Gasteiger partial charge in [0.05, 0.1) is 23.7 Å². The fourth-order valence-electron chi connectivity index (χ4n) is 5.60. The Morgan fingerprint density at radius 3 is 2.46 bits per heavy atom. The highest BCUT2D eigenvalue weighted by Gasteiger charge is 2.32. The summed E-state index contributed by atoms with van der Waals surface area (Å²) in [6, 6.07) is 22.8. The van der Waals surface area contributed by atoms with Gasteiger partial charge in [0.1, 0.15) is 48.5 Å². The first-order chi connectivity index (χ1) is 25.0. The maximum atomic E-state index is 11.9. The Labute approximate surface area is 309 Å². The number of aliphatic hydroxyl groups excluding tert-OH is 1. The van der Waals surface area contributed by atoms with Crippen LogP contribution in [0.15, 0.2) is 78.2 Å². The Morgan fingerprint density at radius 1 is 0.923 bits per heavy atom. The Balaban J connectivity index is 1.23. The third-order valence-electron chi connectivity index (χ3n) is 8.71. The maximum Gasteiger partial charge on any atom is 0.326 e. The molecule has 0 spiro atoms. The van der Waals surface area contributed by atoms with Gasteiger partial charge in [0.25, 0.3) is 0 Å². The number of ether oxygens (including phenoxy) is 4. The van der Waals surface area contributed by atoms with Crippen LogP contribution in [0.3, 0.4) is 0 Å². The molecule has 0 bridgehead atoms. The van der Waals surface area contributed by atoms with Crippen LogP contribution in [0.2, 0.25) is 5.02 Å². The summed E-state index contributed by atoms with van der Waals surface area (Å²) in [6.07, 6.45) is -0.154. The van der Waals surface area contributed by atoms with Gasteiger partial charge >= 0.3 is 11.9 Å². The van der Waals surface area contributed by atoms with E-state index in [-0.39, 0.29) is 26.2 Å². The molecular formula is C39H37ClN2O9S. The molecule has 4 aromatic carbocycles. The number of fused-ring (bicyclic) bond motifs is 1. The van der Waals surface area contributed by atoms with E-state index in [1.54, 1.807) is 17.5 Å². The number of aliphatic carboxylic acids is 2. The molecule has 1 atom stereocenters. The summed E-state index contributed by atoms with van der Waals surface area (Å²) in [5.74, 6) is 0.0571. The van der Waals surface area contributed by atoms with Gasteiger partial charge in [-0.15, -0.1) is 11.3 Å². The van der Waals surface area contributed by atoms with Crippen molar-refractivity contribution in [1.82, 2.24) is 10.3 Å². The molecule has 4 N–H and O–H groups in total. The molecule has 13 heteroatoms. The average molecular weight is 745 g/mol. The van der Waals surface area contributed by atoms with Crippen LogP contribution in [0.1, 0.15) is 34.9 Å². The Morgan fingerprint density at radius 2 is 1.69 bits per heavy atom. The van der Waals surface area contributed by atoms with E-state index in [9.17, 15) is 19.8 Å². The van der Waals surface area contributed by atoms with Crippen molar-refractivity contribution in [1.29, 1.82) is 0 Å². The van der Waals surface area contributed by atoms with Crippen molar-refractivity contribution in [2.45, 2.75) is 45.6 Å². The van der Waals surface area contributed by atoms with Crippen LogP contribution in [0, 0.1) is 6.92 Å². The van der Waals surface area contributed by atoms with Crippen molar-refractivity contribution in [3.8, 4) is 44.7 Å². The molecule has 11 nitrogen and oxygen atoms in total. The maximum absolute atomic E-state index is 11.9. The number of nitrogens with zero attached hydrogens (tertiary/aromatic N) is 1. The zero-order chi connectivity index (χ0) is 36.8. The van der Waals surface area contributed by atoms with Gasteiger partial charge < -0.3 is 34.3 Å². The standard InChI is InChI=1S/C39H37ClN2O9S/c1-23-27(7-4-8-30(23)25-9-10-32-35(15-25)49-12-11-48-32)20-51-34-17-33(28(14-31(34)40)18-41-39(2,22-43)38(46)47)50-19-24-5-3-6-26(13-24)37-42-29(21-52-37)16-36(44)45/h3-10,13-15,17,21,41,43H,11-12,16,18-20,22H2,1-2H3,(H,44,45)(H,46,47). The summed E-state index contributed by atoms with van der Waals surface area (Å²) in [7, 11) is 0. The van der Waals surface area contributed by atoms with Gasteiger partial charge in [-0.25, -0.2) is 4.98 Å². The number of nitrogens with one attached hydrogen (secondary N) is 1. The molecule has 52 heavy (non-hydrogen) atoms. The lowest BCUT2D eigenvalue weighted by atomic mass is 9.96. The third kappa shape index (κ3) is 8.48. The molecule has 1 unspecified atom stereocenters. The van der Waals surface area contributed by atoms with Crippen LogP contribution in [-0.2, 0) is 35.8 Å². The fourth-order valence-corrected chi connectivity index (χ4v) is 6.66. The van der Waals surface area contributed by atoms with E-state index in [4.69, 9.17) is 35.7 Å². The van der Waals surface area contributed by atoms with Crippen molar-refractivity contribution in [2.24, 2.45) is 0 Å². The van der Waals surface area contributed by atoms with E-state index in [0.717, 1.165) is 39.1 Å². The highest BCUT2D eigenvalue weighted by atomic mass is 35.5. The molecule has 1 aliphatic rings. The smallest absolute Gasteiger partial charge is 0.326 e. The Kier molecular flexibility index (Phi) is 11.3. The van der Waals surface area contributed by atoms with Crippen molar-refractivity contribution in [3.63, 3.8) is 0 Å². The van der Waals surface area contributed by atoms with Crippen LogP contribution < -0.4 is 24.3 Å². The minimum atomic E-state index is -1.60. The highest BCUT2D eigenvalue weighted by molar-refractivity contribution is 7.13. The summed E-state index contributed by atoms with van der Waals surface area (Å²) >= 11 is 8.11. The number of rotatable bonds is 15. The summed E-state index contributed by atoms with van der Waals surface area (Å²) in [5.41, 5.74) is 5.08. The number of aromatic nitrogens is 1. The average Bonchev–Trinajstić information content (AvgIpc) is 3.61. The summed E-state index contributed by atoms with van der Waals surface area (Å²) in [6.45, 7) is 4.20. The Bertz CT molecular complexity index is 2100. The van der Waals surface area contributed by atoms with Gasteiger partial charge in [0.2, 0.25) is 0 Å². The number of carboxylic acids is 2. The molecule has 6 rings (SSSR count). The lowest BCUT2D eigenvalue weighted by Crippen LogP contribution is -2.52. The van der Waals surface area contributed by atoms with Gasteiger partial charge in [-0.2, -0.15) is 0 Å². The lowest BCUT2D eigenvalue weighted by Gasteiger charge is -2.25. The zero-order valence-electron chi connectivity index (χ0n) is 28.5. The largest absolute Gasteiger partial charge is 0.488 e. The molecule has 2 heterocycles. The number of halogens is 1. The predicted octanol–water partition coefficient (Wildman–Crippen LogP) is 6.92. The number of hydrogen-bond acceptors (Lipinski definition) is 10. The topological polar surface area (TPSA) is 157 Å². The van der Waals surface area contributed by atoms with Gasteiger partial charge in [-0.1, -0.05) is 54.1 Å². The van der Waals surface area contributed by atoms with Crippen molar-refractivity contribution in [3.05, 3.63) is 111 Å². The van der Waals surface area contributed by atoms with Crippen molar-refractivity contribution < 1.29 is 43.9 Å². The number of benzene rings is 4.